The Balaban J connectivity index is 2.06. The third kappa shape index (κ3) is 3.23. The van der Waals surface area contributed by atoms with E-state index in [2.05, 4.69) is 12.2 Å². The molecule has 0 saturated carbocycles. The van der Waals surface area contributed by atoms with Gasteiger partial charge in [0.2, 0.25) is 0 Å². The van der Waals surface area contributed by atoms with Crippen LogP contribution in [0.3, 0.4) is 0 Å². The summed E-state index contributed by atoms with van der Waals surface area (Å²) in [6, 6.07) is 6.64. The highest BCUT2D eigenvalue weighted by Gasteiger charge is 2.22. The summed E-state index contributed by atoms with van der Waals surface area (Å²) < 4.78 is 28.6. The van der Waals surface area contributed by atoms with Crippen molar-refractivity contribution >= 4 is 9.84 Å². The minimum Gasteiger partial charge on any atom is -0.490 e. The van der Waals surface area contributed by atoms with Crippen molar-refractivity contribution in [2.24, 2.45) is 5.92 Å². The maximum atomic E-state index is 11.3. The van der Waals surface area contributed by atoms with E-state index in [4.69, 9.17) is 4.74 Å². The van der Waals surface area contributed by atoms with Crippen molar-refractivity contribution in [1.82, 2.24) is 5.32 Å². The largest absolute Gasteiger partial charge is 0.490 e. The second-order valence-corrected chi connectivity index (χ2v) is 6.89. The number of piperidine rings is 1. The summed E-state index contributed by atoms with van der Waals surface area (Å²) in [6.45, 7) is 4.09. The molecule has 2 atom stereocenters. The van der Waals surface area contributed by atoms with Crippen LogP contribution in [0.25, 0.3) is 0 Å². The van der Waals surface area contributed by atoms with E-state index in [1.165, 1.54) is 6.26 Å². The smallest absolute Gasteiger partial charge is 0.175 e. The molecular weight excluding hydrogens is 250 g/mol. The summed E-state index contributed by atoms with van der Waals surface area (Å²) in [5.74, 6) is 1.20. The van der Waals surface area contributed by atoms with Gasteiger partial charge in [-0.2, -0.15) is 0 Å². The molecule has 1 aromatic rings. The molecule has 1 aromatic carbocycles. The molecule has 0 amide bonds. The van der Waals surface area contributed by atoms with Crippen LogP contribution < -0.4 is 10.1 Å². The molecule has 1 aliphatic rings. The van der Waals surface area contributed by atoms with Crippen LogP contribution in [0.5, 0.6) is 5.75 Å². The van der Waals surface area contributed by atoms with Crippen LogP contribution in [-0.4, -0.2) is 33.9 Å². The first kappa shape index (κ1) is 13.4. The van der Waals surface area contributed by atoms with Crippen molar-refractivity contribution in [3.63, 3.8) is 0 Å². The fraction of sp³-hybridized carbons (Fsp3) is 0.538. The number of hydrogen-bond acceptors (Lipinski definition) is 4. The average molecular weight is 269 g/mol. The van der Waals surface area contributed by atoms with Gasteiger partial charge in [-0.05, 0) is 37.2 Å². The molecule has 0 aromatic heterocycles. The summed E-state index contributed by atoms with van der Waals surface area (Å²) in [5.41, 5.74) is 0. The van der Waals surface area contributed by atoms with Crippen molar-refractivity contribution < 1.29 is 13.2 Å². The van der Waals surface area contributed by atoms with Crippen LogP contribution in [0.2, 0.25) is 0 Å². The summed E-state index contributed by atoms with van der Waals surface area (Å²) in [7, 11) is -3.13. The maximum absolute atomic E-state index is 11.3. The minimum absolute atomic E-state index is 0.204. The Kier molecular flexibility index (Phi) is 3.92. The molecule has 1 aliphatic heterocycles. The molecule has 4 nitrogen and oxygen atoms in total. The Labute approximate surface area is 108 Å². The number of hydrogen-bond donors (Lipinski definition) is 1. The van der Waals surface area contributed by atoms with Crippen LogP contribution in [0.4, 0.5) is 0 Å². The Bertz CT molecular complexity index is 495. The second-order valence-electron chi connectivity index (χ2n) is 4.87. The van der Waals surface area contributed by atoms with E-state index in [1.807, 2.05) is 0 Å². The van der Waals surface area contributed by atoms with Crippen LogP contribution in [0.15, 0.2) is 29.2 Å². The van der Waals surface area contributed by atoms with Gasteiger partial charge in [-0.1, -0.05) is 6.92 Å². The zero-order valence-electron chi connectivity index (χ0n) is 10.7. The van der Waals surface area contributed by atoms with E-state index in [9.17, 15) is 8.42 Å². The van der Waals surface area contributed by atoms with E-state index in [0.29, 0.717) is 10.8 Å². The monoisotopic (exact) mass is 269 g/mol. The van der Waals surface area contributed by atoms with Gasteiger partial charge in [-0.15, -0.1) is 0 Å². The van der Waals surface area contributed by atoms with Crippen molar-refractivity contribution in [2.75, 3.05) is 19.3 Å². The molecule has 0 aliphatic carbocycles. The zero-order valence-corrected chi connectivity index (χ0v) is 11.5. The highest BCUT2D eigenvalue weighted by atomic mass is 32.2. The van der Waals surface area contributed by atoms with Gasteiger partial charge in [-0.3, -0.25) is 0 Å². The first-order chi connectivity index (χ1) is 8.47. The molecule has 1 saturated heterocycles. The van der Waals surface area contributed by atoms with Crippen LogP contribution in [-0.2, 0) is 9.84 Å². The topological polar surface area (TPSA) is 55.4 Å². The van der Waals surface area contributed by atoms with Gasteiger partial charge in [0.1, 0.15) is 11.9 Å². The number of sulfone groups is 1. The molecule has 0 spiro atoms. The summed E-state index contributed by atoms with van der Waals surface area (Å²) in [6.07, 6.45) is 2.39. The molecule has 0 radical (unpaired) electrons. The van der Waals surface area contributed by atoms with Gasteiger partial charge < -0.3 is 10.1 Å². The predicted octanol–water partition coefficient (Wildman–Crippen LogP) is 1.47. The van der Waals surface area contributed by atoms with Crippen molar-refractivity contribution in [2.45, 2.75) is 24.3 Å². The molecule has 100 valence electrons. The molecule has 2 rings (SSSR count). The van der Waals surface area contributed by atoms with Gasteiger partial charge in [0.05, 0.1) is 4.90 Å². The lowest BCUT2D eigenvalue weighted by Crippen LogP contribution is -2.41. The number of ether oxygens (including phenoxy) is 1. The summed E-state index contributed by atoms with van der Waals surface area (Å²) in [4.78, 5) is 0.327. The van der Waals surface area contributed by atoms with Gasteiger partial charge in [-0.25, -0.2) is 8.42 Å². The van der Waals surface area contributed by atoms with Crippen molar-refractivity contribution in [3.8, 4) is 5.75 Å². The standard InChI is InChI=1S/C13H19NO3S/c1-10-9-14-8-7-13(10)17-11-3-5-12(6-4-11)18(2,15)16/h3-6,10,13-14H,7-9H2,1-2H3. The lowest BCUT2D eigenvalue weighted by atomic mass is 9.98. The third-order valence-electron chi connectivity index (χ3n) is 3.25. The van der Waals surface area contributed by atoms with Crippen molar-refractivity contribution in [3.05, 3.63) is 24.3 Å². The number of benzene rings is 1. The molecule has 1 fully saturated rings. The van der Waals surface area contributed by atoms with Crippen LogP contribution >= 0.6 is 0 Å². The van der Waals surface area contributed by atoms with Gasteiger partial charge >= 0.3 is 0 Å². The third-order valence-corrected chi connectivity index (χ3v) is 4.37. The Morgan fingerprint density at radius 1 is 1.28 bits per heavy atom. The van der Waals surface area contributed by atoms with Gasteiger partial charge in [0.15, 0.2) is 9.84 Å². The van der Waals surface area contributed by atoms with Gasteiger partial charge in [0.25, 0.3) is 0 Å². The summed E-state index contributed by atoms with van der Waals surface area (Å²) >= 11 is 0. The Hall–Kier alpha value is -1.07. The maximum Gasteiger partial charge on any atom is 0.175 e. The van der Waals surface area contributed by atoms with E-state index in [0.717, 1.165) is 25.3 Å². The molecule has 5 heteroatoms. The average Bonchev–Trinajstić information content (AvgIpc) is 2.32. The Morgan fingerprint density at radius 2 is 1.94 bits per heavy atom. The normalized spacial score (nSPS) is 24.8. The molecule has 18 heavy (non-hydrogen) atoms. The molecule has 0 bridgehead atoms. The highest BCUT2D eigenvalue weighted by molar-refractivity contribution is 7.90. The van der Waals surface area contributed by atoms with E-state index < -0.39 is 9.84 Å². The first-order valence-electron chi connectivity index (χ1n) is 6.14. The zero-order chi connectivity index (χ0) is 13.2. The lowest BCUT2D eigenvalue weighted by molar-refractivity contribution is 0.112. The van der Waals surface area contributed by atoms with E-state index >= 15 is 0 Å². The fourth-order valence-corrected chi connectivity index (χ4v) is 2.74. The SMILES string of the molecule is CC1CNCCC1Oc1ccc(S(C)(=O)=O)cc1. The van der Waals surface area contributed by atoms with Crippen LogP contribution in [0, 0.1) is 5.92 Å². The van der Waals surface area contributed by atoms with E-state index in [1.54, 1.807) is 24.3 Å². The lowest BCUT2D eigenvalue weighted by Gasteiger charge is -2.30. The van der Waals surface area contributed by atoms with Crippen molar-refractivity contribution in [1.29, 1.82) is 0 Å². The Morgan fingerprint density at radius 3 is 2.50 bits per heavy atom. The molecule has 1 N–H and O–H groups in total. The first-order valence-corrected chi connectivity index (χ1v) is 8.03. The predicted molar refractivity (Wildman–Crippen MR) is 70.6 cm³/mol. The van der Waals surface area contributed by atoms with Crippen LogP contribution in [0.1, 0.15) is 13.3 Å². The summed E-state index contributed by atoms with van der Waals surface area (Å²) in [5, 5.41) is 3.32. The second kappa shape index (κ2) is 5.28. The molecule has 1 heterocycles. The number of nitrogens with one attached hydrogen (secondary N) is 1. The quantitative estimate of drug-likeness (QED) is 0.903. The van der Waals surface area contributed by atoms with E-state index in [-0.39, 0.29) is 6.10 Å². The number of rotatable bonds is 3. The highest BCUT2D eigenvalue weighted by Crippen LogP contribution is 2.21. The van der Waals surface area contributed by atoms with Gasteiger partial charge in [0, 0.05) is 18.7 Å². The molecule has 2 unspecified atom stereocenters. The minimum atomic E-state index is -3.13. The fourth-order valence-electron chi connectivity index (χ4n) is 2.11. The molecular formula is C13H19NO3S.